The van der Waals surface area contributed by atoms with Crippen molar-refractivity contribution in [3.05, 3.63) is 87.5 Å². The van der Waals surface area contributed by atoms with Gasteiger partial charge >= 0.3 is 5.69 Å². The molecule has 0 saturated carbocycles. The van der Waals surface area contributed by atoms with Crippen LogP contribution in [0.1, 0.15) is 16.8 Å². The Labute approximate surface area is 187 Å². The number of fused-ring (bicyclic) bond motifs is 2. The lowest BCUT2D eigenvalue weighted by Crippen LogP contribution is -2.35. The zero-order valence-electron chi connectivity index (χ0n) is 17.8. The molecule has 0 saturated heterocycles. The number of hydrogen-bond acceptors (Lipinski definition) is 5. The summed E-state index contributed by atoms with van der Waals surface area (Å²) in [5.41, 5.74) is 2.78. The molecular weight excluding hydrogens is 430 g/mol. The molecule has 4 aromatic rings. The van der Waals surface area contributed by atoms with Gasteiger partial charge < -0.3 is 10.2 Å². The summed E-state index contributed by atoms with van der Waals surface area (Å²) in [4.78, 5) is 32.2. The number of halogens is 2. The Morgan fingerprint density at radius 3 is 2.70 bits per heavy atom. The van der Waals surface area contributed by atoms with Gasteiger partial charge in [-0.05, 0) is 36.6 Å². The fourth-order valence-electron chi connectivity index (χ4n) is 4.03. The van der Waals surface area contributed by atoms with Gasteiger partial charge in [0.1, 0.15) is 18.2 Å². The predicted molar refractivity (Wildman–Crippen MR) is 118 cm³/mol. The van der Waals surface area contributed by atoms with Gasteiger partial charge in [-0.2, -0.15) is 0 Å². The van der Waals surface area contributed by atoms with E-state index < -0.39 is 29.8 Å². The fourth-order valence-corrected chi connectivity index (χ4v) is 4.03. The molecule has 0 aliphatic carbocycles. The molecule has 3 heterocycles. The van der Waals surface area contributed by atoms with Gasteiger partial charge in [-0.25, -0.2) is 27.6 Å². The van der Waals surface area contributed by atoms with Crippen LogP contribution >= 0.6 is 0 Å². The average molecular weight is 450 g/mol. The first-order valence-electron chi connectivity index (χ1n) is 10.4. The zero-order valence-corrected chi connectivity index (χ0v) is 17.8. The van der Waals surface area contributed by atoms with E-state index in [1.165, 1.54) is 15.5 Å². The number of anilines is 2. The van der Waals surface area contributed by atoms with Gasteiger partial charge in [0.25, 0.3) is 0 Å². The Kier molecular flexibility index (Phi) is 5.12. The molecule has 5 rings (SSSR count). The van der Waals surface area contributed by atoms with Crippen LogP contribution in [-0.2, 0) is 24.3 Å². The molecule has 1 aliphatic heterocycles. The van der Waals surface area contributed by atoms with Gasteiger partial charge in [0.2, 0.25) is 11.9 Å². The third-order valence-corrected chi connectivity index (χ3v) is 5.59. The number of amides is 1. The van der Waals surface area contributed by atoms with Crippen molar-refractivity contribution in [2.45, 2.75) is 26.4 Å². The normalized spacial score (nSPS) is 13.2. The van der Waals surface area contributed by atoms with Crippen molar-refractivity contribution in [1.82, 2.24) is 19.2 Å². The standard InChI is InChI=1S/C23H20F2N6O2/c1-14-10-20-28-30(13-21(32)27-19-7-6-17(24)11-18(19)25)23(33)31(20)22(26-14)29-9-8-15-4-2-3-5-16(15)12-29/h2-7,10-11H,8-9,12-13H2,1H3,(H,27,32). The van der Waals surface area contributed by atoms with Crippen LogP contribution in [0, 0.1) is 18.6 Å². The number of nitrogens with zero attached hydrogens (tertiary/aromatic N) is 5. The lowest BCUT2D eigenvalue weighted by atomic mass is 10.0. The summed E-state index contributed by atoms with van der Waals surface area (Å²) in [6.07, 6.45) is 0.821. The summed E-state index contributed by atoms with van der Waals surface area (Å²) in [5.74, 6) is -1.86. The minimum atomic E-state index is -0.904. The Balaban J connectivity index is 1.45. The highest BCUT2D eigenvalue weighted by molar-refractivity contribution is 5.90. The molecule has 0 bridgehead atoms. The zero-order chi connectivity index (χ0) is 23.1. The maximum atomic E-state index is 13.8. The molecule has 2 aromatic carbocycles. The minimum absolute atomic E-state index is 0.177. The van der Waals surface area contributed by atoms with Crippen molar-refractivity contribution in [3.63, 3.8) is 0 Å². The molecule has 0 atom stereocenters. The number of hydrogen-bond donors (Lipinski definition) is 1. The number of aromatic nitrogens is 4. The van der Waals surface area contributed by atoms with E-state index in [-0.39, 0.29) is 5.69 Å². The van der Waals surface area contributed by atoms with Crippen molar-refractivity contribution < 1.29 is 13.6 Å². The van der Waals surface area contributed by atoms with Crippen LogP contribution in [0.5, 0.6) is 0 Å². The molecule has 10 heteroatoms. The Hall–Kier alpha value is -4.08. The number of nitrogens with one attached hydrogen (secondary N) is 1. The Bertz CT molecular complexity index is 1440. The summed E-state index contributed by atoms with van der Waals surface area (Å²) in [7, 11) is 0. The minimum Gasteiger partial charge on any atom is -0.337 e. The van der Waals surface area contributed by atoms with Crippen LogP contribution in [0.15, 0.2) is 53.3 Å². The van der Waals surface area contributed by atoms with E-state index in [0.717, 1.165) is 23.2 Å². The third-order valence-electron chi connectivity index (χ3n) is 5.59. The van der Waals surface area contributed by atoms with Crippen LogP contribution in [-0.4, -0.2) is 31.6 Å². The van der Waals surface area contributed by atoms with E-state index in [4.69, 9.17) is 0 Å². The van der Waals surface area contributed by atoms with Gasteiger partial charge in [-0.15, -0.1) is 5.10 Å². The van der Waals surface area contributed by atoms with Crippen LogP contribution < -0.4 is 15.9 Å². The molecule has 168 valence electrons. The number of carbonyl (C=O) groups excluding carboxylic acids is 1. The number of aryl methyl sites for hydroxylation is 1. The molecule has 0 spiro atoms. The molecule has 8 nitrogen and oxygen atoms in total. The number of carbonyl (C=O) groups is 1. The van der Waals surface area contributed by atoms with Gasteiger partial charge in [-0.3, -0.25) is 4.79 Å². The maximum Gasteiger partial charge on any atom is 0.353 e. The van der Waals surface area contributed by atoms with Gasteiger partial charge in [0, 0.05) is 30.9 Å². The highest BCUT2D eigenvalue weighted by atomic mass is 19.1. The fraction of sp³-hybridized carbons (Fsp3) is 0.217. The van der Waals surface area contributed by atoms with E-state index >= 15 is 0 Å². The van der Waals surface area contributed by atoms with E-state index in [9.17, 15) is 18.4 Å². The summed E-state index contributed by atoms with van der Waals surface area (Å²) in [6.45, 7) is 2.67. The number of benzene rings is 2. The molecule has 0 fully saturated rings. The highest BCUT2D eigenvalue weighted by Crippen LogP contribution is 2.23. The van der Waals surface area contributed by atoms with Crippen LogP contribution in [0.2, 0.25) is 0 Å². The topological polar surface area (TPSA) is 84.5 Å². The molecule has 1 amide bonds. The quantitative estimate of drug-likeness (QED) is 0.517. The smallest absolute Gasteiger partial charge is 0.337 e. The summed E-state index contributed by atoms with van der Waals surface area (Å²) >= 11 is 0. The molecule has 1 aliphatic rings. The second-order valence-corrected chi connectivity index (χ2v) is 7.94. The molecule has 1 N–H and O–H groups in total. The van der Waals surface area contributed by atoms with E-state index in [2.05, 4.69) is 27.5 Å². The van der Waals surface area contributed by atoms with Crippen molar-refractivity contribution in [2.75, 3.05) is 16.8 Å². The predicted octanol–water partition coefficient (Wildman–Crippen LogP) is 2.68. The van der Waals surface area contributed by atoms with E-state index in [1.54, 1.807) is 6.07 Å². The summed E-state index contributed by atoms with van der Waals surface area (Å²) < 4.78 is 29.3. The molecular formula is C23H20F2N6O2. The summed E-state index contributed by atoms with van der Waals surface area (Å²) in [5, 5.41) is 6.62. The van der Waals surface area contributed by atoms with E-state index in [0.29, 0.717) is 36.4 Å². The van der Waals surface area contributed by atoms with Crippen molar-refractivity contribution in [3.8, 4) is 0 Å². The molecule has 2 aromatic heterocycles. The monoisotopic (exact) mass is 450 g/mol. The first-order valence-corrected chi connectivity index (χ1v) is 10.4. The van der Waals surface area contributed by atoms with Gasteiger partial charge in [0.15, 0.2) is 5.65 Å². The van der Waals surface area contributed by atoms with Crippen molar-refractivity contribution >= 4 is 23.2 Å². The molecule has 0 radical (unpaired) electrons. The van der Waals surface area contributed by atoms with Gasteiger partial charge in [0.05, 0.1) is 5.69 Å². The van der Waals surface area contributed by atoms with Crippen LogP contribution in [0.25, 0.3) is 5.65 Å². The largest absolute Gasteiger partial charge is 0.353 e. The molecule has 33 heavy (non-hydrogen) atoms. The first kappa shape index (κ1) is 20.8. The van der Waals surface area contributed by atoms with Crippen LogP contribution in [0.4, 0.5) is 20.4 Å². The Morgan fingerprint density at radius 2 is 1.91 bits per heavy atom. The lowest BCUT2D eigenvalue weighted by Gasteiger charge is -2.29. The lowest BCUT2D eigenvalue weighted by molar-refractivity contribution is -0.117. The summed E-state index contributed by atoms with van der Waals surface area (Å²) in [6, 6.07) is 12.6. The van der Waals surface area contributed by atoms with Crippen molar-refractivity contribution in [1.29, 1.82) is 0 Å². The molecule has 0 unspecified atom stereocenters. The van der Waals surface area contributed by atoms with Gasteiger partial charge in [-0.1, -0.05) is 24.3 Å². The second-order valence-electron chi connectivity index (χ2n) is 7.94. The van der Waals surface area contributed by atoms with Crippen LogP contribution in [0.3, 0.4) is 0 Å². The third kappa shape index (κ3) is 3.95. The SMILES string of the molecule is Cc1cc2nn(CC(=O)Nc3ccc(F)cc3F)c(=O)n2c(N2CCc3ccccc3C2)n1. The van der Waals surface area contributed by atoms with Crippen molar-refractivity contribution in [2.24, 2.45) is 0 Å². The van der Waals surface area contributed by atoms with E-state index in [1.807, 2.05) is 24.0 Å². The second kappa shape index (κ2) is 8.12. The highest BCUT2D eigenvalue weighted by Gasteiger charge is 2.23. The Morgan fingerprint density at radius 1 is 1.12 bits per heavy atom. The average Bonchev–Trinajstić information content (AvgIpc) is 3.09. The maximum absolute atomic E-state index is 13.8. The number of rotatable bonds is 4. The first-order chi connectivity index (χ1) is 15.9.